The number of hydrogen-bond donors (Lipinski definition) is 1. The van der Waals surface area contributed by atoms with E-state index in [9.17, 15) is 18.0 Å². The van der Waals surface area contributed by atoms with Gasteiger partial charge in [-0.05, 0) is 44.2 Å². The maximum absolute atomic E-state index is 12.9. The lowest BCUT2D eigenvalue weighted by molar-refractivity contribution is -0.137. The summed E-state index contributed by atoms with van der Waals surface area (Å²) in [5.41, 5.74) is -0.740. The first kappa shape index (κ1) is 19.1. The quantitative estimate of drug-likeness (QED) is 0.817. The number of amides is 1. The van der Waals surface area contributed by atoms with Gasteiger partial charge in [0.1, 0.15) is 5.82 Å². The zero-order valence-electron chi connectivity index (χ0n) is 13.7. The molecule has 1 amide bonds. The monoisotopic (exact) mass is 371 g/mol. The van der Waals surface area contributed by atoms with Crippen molar-refractivity contribution < 1.29 is 18.0 Å². The molecular weight excluding hydrogens is 355 g/mol. The van der Waals surface area contributed by atoms with Crippen LogP contribution < -0.4 is 10.2 Å². The molecule has 134 valence electrons. The van der Waals surface area contributed by atoms with Crippen LogP contribution in [0.2, 0.25) is 5.02 Å². The van der Waals surface area contributed by atoms with Crippen molar-refractivity contribution >= 4 is 29.0 Å². The van der Waals surface area contributed by atoms with Crippen molar-refractivity contribution in [2.24, 2.45) is 0 Å². The molecule has 0 fully saturated rings. The van der Waals surface area contributed by atoms with E-state index >= 15 is 0 Å². The molecular formula is C17H17ClF3N3O. The van der Waals surface area contributed by atoms with Crippen molar-refractivity contribution in [3.05, 3.63) is 52.7 Å². The fourth-order valence-electron chi connectivity index (χ4n) is 2.28. The fraction of sp³-hybridized carbons (Fsp3) is 0.294. The van der Waals surface area contributed by atoms with Crippen molar-refractivity contribution in [3.8, 4) is 0 Å². The Balaban J connectivity index is 2.17. The Labute approximate surface area is 148 Å². The summed E-state index contributed by atoms with van der Waals surface area (Å²) in [7, 11) is 0. The maximum Gasteiger partial charge on any atom is 0.417 e. The number of anilines is 2. The second-order valence-corrected chi connectivity index (χ2v) is 5.63. The summed E-state index contributed by atoms with van der Waals surface area (Å²) >= 11 is 5.56. The van der Waals surface area contributed by atoms with E-state index in [1.54, 1.807) is 12.1 Å². The third-order valence-corrected chi connectivity index (χ3v) is 3.96. The van der Waals surface area contributed by atoms with Crippen LogP contribution in [0.3, 0.4) is 0 Å². The van der Waals surface area contributed by atoms with Crippen molar-refractivity contribution in [1.29, 1.82) is 0 Å². The van der Waals surface area contributed by atoms with Crippen molar-refractivity contribution in [2.45, 2.75) is 20.0 Å². The highest BCUT2D eigenvalue weighted by molar-refractivity contribution is 6.31. The standard InChI is InChI=1S/C17H17ClF3N3O/c1-3-24(4-2)15-8-5-11(10-22-15)16(25)23-12-6-7-14(18)13(9-12)17(19,20)21/h5-10H,3-4H2,1-2H3,(H,23,25). The molecule has 25 heavy (non-hydrogen) atoms. The molecule has 0 saturated carbocycles. The molecule has 0 saturated heterocycles. The number of benzene rings is 1. The zero-order chi connectivity index (χ0) is 18.6. The van der Waals surface area contributed by atoms with Gasteiger partial charge in [-0.3, -0.25) is 4.79 Å². The van der Waals surface area contributed by atoms with Crippen LogP contribution in [0.25, 0.3) is 0 Å². The summed E-state index contributed by atoms with van der Waals surface area (Å²) < 4.78 is 38.6. The van der Waals surface area contributed by atoms with Crippen LogP contribution >= 0.6 is 11.6 Å². The predicted molar refractivity (Wildman–Crippen MR) is 92.2 cm³/mol. The van der Waals surface area contributed by atoms with E-state index in [-0.39, 0.29) is 11.3 Å². The molecule has 1 aromatic carbocycles. The van der Waals surface area contributed by atoms with Crippen LogP contribution in [-0.4, -0.2) is 24.0 Å². The van der Waals surface area contributed by atoms with Gasteiger partial charge in [-0.2, -0.15) is 13.2 Å². The number of alkyl halides is 3. The number of pyridine rings is 1. The summed E-state index contributed by atoms with van der Waals surface area (Å²) in [6.45, 7) is 5.54. The molecule has 0 unspecified atom stereocenters. The topological polar surface area (TPSA) is 45.2 Å². The highest BCUT2D eigenvalue weighted by Gasteiger charge is 2.33. The maximum atomic E-state index is 12.9. The van der Waals surface area contributed by atoms with Crippen molar-refractivity contribution in [1.82, 2.24) is 4.98 Å². The largest absolute Gasteiger partial charge is 0.417 e. The summed E-state index contributed by atoms with van der Waals surface area (Å²) in [6.07, 6.45) is -3.20. The number of nitrogens with one attached hydrogen (secondary N) is 1. The molecule has 0 aliphatic carbocycles. The van der Waals surface area contributed by atoms with Gasteiger partial charge in [0.25, 0.3) is 5.91 Å². The summed E-state index contributed by atoms with van der Waals surface area (Å²) in [5, 5.41) is 2.00. The molecule has 2 aromatic rings. The molecule has 0 spiro atoms. The number of carbonyl (C=O) groups is 1. The van der Waals surface area contributed by atoms with Crippen LogP contribution in [0.1, 0.15) is 29.8 Å². The highest BCUT2D eigenvalue weighted by Crippen LogP contribution is 2.36. The molecule has 4 nitrogen and oxygen atoms in total. The Morgan fingerprint density at radius 3 is 2.40 bits per heavy atom. The average molecular weight is 372 g/mol. The van der Waals surface area contributed by atoms with Crippen LogP contribution in [0.5, 0.6) is 0 Å². The number of nitrogens with zero attached hydrogens (tertiary/aromatic N) is 2. The van der Waals surface area contributed by atoms with E-state index in [1.165, 1.54) is 12.3 Å². The van der Waals surface area contributed by atoms with E-state index in [0.717, 1.165) is 31.0 Å². The Morgan fingerprint density at radius 1 is 1.20 bits per heavy atom. The van der Waals surface area contributed by atoms with E-state index in [4.69, 9.17) is 11.6 Å². The van der Waals surface area contributed by atoms with Crippen LogP contribution in [0.15, 0.2) is 36.5 Å². The molecule has 1 heterocycles. The first-order valence-electron chi connectivity index (χ1n) is 7.65. The van der Waals surface area contributed by atoms with Crippen molar-refractivity contribution in [3.63, 3.8) is 0 Å². The minimum absolute atomic E-state index is 0.00884. The minimum Gasteiger partial charge on any atom is -0.357 e. The van der Waals surface area contributed by atoms with Gasteiger partial charge in [0, 0.05) is 25.0 Å². The molecule has 1 N–H and O–H groups in total. The van der Waals surface area contributed by atoms with Gasteiger partial charge in [0.2, 0.25) is 0 Å². The van der Waals surface area contributed by atoms with E-state index in [1.807, 2.05) is 18.7 Å². The van der Waals surface area contributed by atoms with E-state index < -0.39 is 22.7 Å². The molecule has 8 heteroatoms. The molecule has 0 aliphatic heterocycles. The average Bonchev–Trinajstić information content (AvgIpc) is 2.57. The summed E-state index contributed by atoms with van der Waals surface area (Å²) in [4.78, 5) is 18.4. The lowest BCUT2D eigenvalue weighted by Gasteiger charge is -2.19. The van der Waals surface area contributed by atoms with E-state index in [2.05, 4.69) is 10.3 Å². The number of rotatable bonds is 5. The second-order valence-electron chi connectivity index (χ2n) is 5.22. The van der Waals surface area contributed by atoms with Gasteiger partial charge in [-0.25, -0.2) is 4.98 Å². The van der Waals surface area contributed by atoms with Gasteiger partial charge in [-0.1, -0.05) is 11.6 Å². The van der Waals surface area contributed by atoms with Gasteiger partial charge in [-0.15, -0.1) is 0 Å². The molecule has 0 aliphatic rings. The Hall–Kier alpha value is -2.28. The number of halogens is 4. The minimum atomic E-state index is -4.59. The molecule has 0 atom stereocenters. The number of hydrogen-bond acceptors (Lipinski definition) is 3. The third kappa shape index (κ3) is 4.63. The Kier molecular flexibility index (Phi) is 5.89. The zero-order valence-corrected chi connectivity index (χ0v) is 14.4. The van der Waals surface area contributed by atoms with Crippen LogP contribution in [0, 0.1) is 0 Å². The Morgan fingerprint density at radius 2 is 1.88 bits per heavy atom. The molecule has 0 radical (unpaired) electrons. The van der Waals surface area contributed by atoms with Crippen LogP contribution in [-0.2, 0) is 6.18 Å². The lowest BCUT2D eigenvalue weighted by atomic mass is 10.2. The highest BCUT2D eigenvalue weighted by atomic mass is 35.5. The SMILES string of the molecule is CCN(CC)c1ccc(C(=O)Nc2ccc(Cl)c(C(F)(F)F)c2)cn1. The lowest BCUT2D eigenvalue weighted by Crippen LogP contribution is -2.23. The smallest absolute Gasteiger partial charge is 0.357 e. The summed E-state index contributed by atoms with van der Waals surface area (Å²) in [5.74, 6) is 0.182. The molecule has 1 aromatic heterocycles. The van der Waals surface area contributed by atoms with Gasteiger partial charge < -0.3 is 10.2 Å². The Bertz CT molecular complexity index is 744. The number of aromatic nitrogens is 1. The first-order chi connectivity index (χ1) is 11.8. The van der Waals surface area contributed by atoms with Crippen molar-refractivity contribution in [2.75, 3.05) is 23.3 Å². The van der Waals surface area contributed by atoms with E-state index in [0.29, 0.717) is 0 Å². The second kappa shape index (κ2) is 7.74. The van der Waals surface area contributed by atoms with Crippen LogP contribution in [0.4, 0.5) is 24.7 Å². The summed E-state index contributed by atoms with van der Waals surface area (Å²) in [6, 6.07) is 6.49. The molecule has 2 rings (SSSR count). The third-order valence-electron chi connectivity index (χ3n) is 3.63. The van der Waals surface area contributed by atoms with Gasteiger partial charge in [0.05, 0.1) is 16.1 Å². The van der Waals surface area contributed by atoms with Gasteiger partial charge in [0.15, 0.2) is 0 Å². The fourth-order valence-corrected chi connectivity index (χ4v) is 2.50. The predicted octanol–water partition coefficient (Wildman–Crippen LogP) is 4.85. The normalized spacial score (nSPS) is 11.3. The number of carbonyl (C=O) groups excluding carboxylic acids is 1. The van der Waals surface area contributed by atoms with Gasteiger partial charge >= 0.3 is 6.18 Å². The molecule has 0 bridgehead atoms. The first-order valence-corrected chi connectivity index (χ1v) is 8.03.